The van der Waals surface area contributed by atoms with Crippen LogP contribution in [0.5, 0.6) is 0 Å². The molecule has 1 aliphatic rings. The molecule has 23 nitrogen and oxygen atoms in total. The SMILES string of the molecule is O=C(O)C1=NN(c2ccc(S(=O)(=O)[O-])cc2)C(=O)C1N=Nc1cc(Nc2nc(Cl)nc(Nc3ccc(S(=O)(=O)[O-])cc3C(=O)O)n2)ccc1S(=O)(=O)[O-].[Na+].[Na+].[Na+]. The average Bonchev–Trinajstić information content (AvgIpc) is 3.38. The maximum atomic E-state index is 13.1. The predicted molar refractivity (Wildman–Crippen MR) is 172 cm³/mol. The number of carbonyl (C=O) groups excluding carboxylic acids is 1. The molecule has 0 saturated carbocycles. The van der Waals surface area contributed by atoms with Gasteiger partial charge in [-0.25, -0.2) is 34.8 Å². The summed E-state index contributed by atoms with van der Waals surface area (Å²) in [6.45, 7) is 0. The average molecular weight is 878 g/mol. The summed E-state index contributed by atoms with van der Waals surface area (Å²) < 4.78 is 104. The van der Waals surface area contributed by atoms with E-state index >= 15 is 0 Å². The Morgan fingerprint density at radius 3 is 1.86 bits per heavy atom. The van der Waals surface area contributed by atoms with Crippen molar-refractivity contribution in [1.82, 2.24) is 15.0 Å². The summed E-state index contributed by atoms with van der Waals surface area (Å²) in [5.74, 6) is -5.34. The Bertz CT molecular complexity index is 2620. The van der Waals surface area contributed by atoms with Crippen LogP contribution in [0.15, 0.2) is 90.7 Å². The first-order valence-corrected chi connectivity index (χ1v) is 18.2. The van der Waals surface area contributed by atoms with E-state index in [1.165, 1.54) is 0 Å². The standard InChI is InChI=1S/C26H18ClN9O14S3.3Na/c27-24-30-25(32-26(31-24)29-16-7-6-14(52(45,46)47)10-15(16)22(38)39)28-11-1-8-18(53(48,49)50)17(9-11)33-34-19-20(23(40)41)35-36(21(19)37)12-2-4-13(5-3-12)51(42,43)44;;;/h1-10,19H,(H,38,39)(H,40,41)(H,42,43,44)(H,45,46,47)(H,48,49,50)(H2,28,29,30,31,32);;;/q;3*+1/p-3. The van der Waals surface area contributed by atoms with Gasteiger partial charge in [0, 0.05) is 5.69 Å². The van der Waals surface area contributed by atoms with Crippen molar-refractivity contribution in [2.24, 2.45) is 15.3 Å². The third kappa shape index (κ3) is 11.8. The Morgan fingerprint density at radius 1 is 0.750 bits per heavy atom. The van der Waals surface area contributed by atoms with Gasteiger partial charge in [-0.3, -0.25) is 4.79 Å². The Labute approximate surface area is 386 Å². The number of carbonyl (C=O) groups is 3. The quantitative estimate of drug-likeness (QED) is 0.0583. The molecule has 1 aliphatic heterocycles. The number of hydrogen-bond donors (Lipinski definition) is 4. The topological polar surface area (TPSA) is 366 Å². The van der Waals surface area contributed by atoms with E-state index in [4.69, 9.17) is 11.6 Å². The van der Waals surface area contributed by atoms with E-state index < -0.39 is 97.1 Å². The number of carboxylic acid groups (broad SMARTS) is 2. The van der Waals surface area contributed by atoms with Gasteiger partial charge in [-0.1, -0.05) is 0 Å². The van der Waals surface area contributed by atoms with Gasteiger partial charge in [-0.05, 0) is 72.3 Å². The molecule has 2 heterocycles. The fourth-order valence-electron chi connectivity index (χ4n) is 4.33. The number of hydrogen-bond acceptors (Lipinski definition) is 20. The number of benzene rings is 3. The third-order valence-corrected chi connectivity index (χ3v) is 9.36. The molecule has 0 aliphatic carbocycles. The zero-order valence-corrected chi connectivity index (χ0v) is 37.6. The van der Waals surface area contributed by atoms with Crippen LogP contribution in [0.1, 0.15) is 10.4 Å². The summed E-state index contributed by atoms with van der Waals surface area (Å²) in [4.78, 5) is 45.9. The summed E-state index contributed by atoms with van der Waals surface area (Å²) in [6.07, 6.45) is 0. The van der Waals surface area contributed by atoms with E-state index in [0.29, 0.717) is 11.1 Å². The largest absolute Gasteiger partial charge is 1.00 e. The molecule has 1 amide bonds. The minimum Gasteiger partial charge on any atom is -0.744 e. The normalized spacial score (nSPS) is 14.2. The first-order valence-electron chi connectivity index (χ1n) is 13.6. The molecule has 4 N–H and O–H groups in total. The second kappa shape index (κ2) is 19.1. The van der Waals surface area contributed by atoms with Crippen molar-refractivity contribution >= 4 is 100 Å². The van der Waals surface area contributed by atoms with Gasteiger partial charge in [0.1, 0.15) is 36.0 Å². The molecular formula is C26H15ClN9Na3O14S3. The number of carboxylic acids is 2. The molecule has 5 rings (SSSR count). The Morgan fingerprint density at radius 2 is 1.32 bits per heavy atom. The van der Waals surface area contributed by atoms with Gasteiger partial charge in [0.2, 0.25) is 23.2 Å². The van der Waals surface area contributed by atoms with Crippen molar-refractivity contribution in [2.45, 2.75) is 20.7 Å². The fourth-order valence-corrected chi connectivity index (χ4v) is 6.05. The molecule has 1 unspecified atom stereocenters. The van der Waals surface area contributed by atoms with E-state index in [1.54, 1.807) is 0 Å². The van der Waals surface area contributed by atoms with Gasteiger partial charge in [0.05, 0.1) is 31.6 Å². The molecule has 0 radical (unpaired) electrons. The minimum atomic E-state index is -5.28. The Balaban J connectivity index is 0.00000361. The van der Waals surface area contributed by atoms with Crippen molar-refractivity contribution in [2.75, 3.05) is 15.6 Å². The predicted octanol–water partition coefficient (Wildman–Crippen LogP) is -7.63. The maximum absolute atomic E-state index is 13.1. The van der Waals surface area contributed by atoms with Crippen LogP contribution < -0.4 is 104 Å². The molecule has 0 saturated heterocycles. The molecule has 30 heteroatoms. The van der Waals surface area contributed by atoms with Gasteiger partial charge in [0.15, 0.2) is 5.71 Å². The van der Waals surface area contributed by atoms with Crippen molar-refractivity contribution in [1.29, 1.82) is 0 Å². The molecule has 4 aromatic rings. The first kappa shape index (κ1) is 49.1. The number of aliphatic carboxylic acids is 1. The summed E-state index contributed by atoms with van der Waals surface area (Å²) in [5.41, 5.74) is -2.85. The Kier molecular flexibility index (Phi) is 16.8. The van der Waals surface area contributed by atoms with Crippen LogP contribution in [0, 0.1) is 0 Å². The van der Waals surface area contributed by atoms with E-state index in [0.717, 1.165) is 54.6 Å². The Hall–Kier alpha value is -3.03. The molecule has 0 fully saturated rings. The number of anilines is 5. The van der Waals surface area contributed by atoms with Crippen LogP contribution in [-0.4, -0.2) is 93.7 Å². The summed E-state index contributed by atoms with van der Waals surface area (Å²) >= 11 is 5.98. The molecule has 1 aromatic heterocycles. The van der Waals surface area contributed by atoms with Crippen molar-refractivity contribution < 1.29 is 152 Å². The van der Waals surface area contributed by atoms with E-state index in [1.807, 2.05) is 0 Å². The van der Waals surface area contributed by atoms with Gasteiger partial charge in [-0.15, -0.1) is 0 Å². The number of halogens is 1. The van der Waals surface area contributed by atoms with Gasteiger partial charge >= 0.3 is 101 Å². The second-order valence-corrected chi connectivity index (χ2v) is 14.6. The van der Waals surface area contributed by atoms with Crippen LogP contribution in [0.25, 0.3) is 0 Å². The van der Waals surface area contributed by atoms with Crippen LogP contribution in [0.2, 0.25) is 5.28 Å². The van der Waals surface area contributed by atoms with Gasteiger partial charge in [0.25, 0.3) is 5.91 Å². The van der Waals surface area contributed by atoms with E-state index in [9.17, 15) is 63.5 Å². The van der Waals surface area contributed by atoms with Crippen LogP contribution in [-0.2, 0) is 39.9 Å². The smallest absolute Gasteiger partial charge is 0.744 e. The van der Waals surface area contributed by atoms with Crippen molar-refractivity contribution in [3.05, 3.63) is 71.5 Å². The number of amides is 1. The molecular weight excluding hydrogens is 863 g/mol. The summed E-state index contributed by atoms with van der Waals surface area (Å²) in [6, 6.07) is 6.72. The number of rotatable bonds is 12. The monoisotopic (exact) mass is 877 g/mol. The summed E-state index contributed by atoms with van der Waals surface area (Å²) in [7, 11) is -15.2. The number of aromatic nitrogens is 3. The number of nitrogens with zero attached hydrogens (tertiary/aromatic N) is 7. The first-order chi connectivity index (χ1) is 24.6. The van der Waals surface area contributed by atoms with Crippen LogP contribution >= 0.6 is 11.6 Å². The fraction of sp³-hybridized carbons (Fsp3) is 0.0385. The molecule has 0 bridgehead atoms. The third-order valence-electron chi connectivity index (χ3n) is 6.63. The molecule has 276 valence electrons. The number of hydrazone groups is 1. The van der Waals surface area contributed by atoms with E-state index in [-0.39, 0.29) is 112 Å². The zero-order chi connectivity index (χ0) is 39.0. The van der Waals surface area contributed by atoms with Gasteiger partial charge < -0.3 is 34.5 Å². The maximum Gasteiger partial charge on any atom is 1.00 e. The van der Waals surface area contributed by atoms with Crippen molar-refractivity contribution in [3.63, 3.8) is 0 Å². The van der Waals surface area contributed by atoms with Crippen LogP contribution in [0.4, 0.5) is 34.6 Å². The number of nitrogens with one attached hydrogen (secondary N) is 2. The number of aromatic carboxylic acids is 1. The van der Waals surface area contributed by atoms with E-state index in [2.05, 4.69) is 40.9 Å². The van der Waals surface area contributed by atoms with Crippen LogP contribution in [0.3, 0.4) is 0 Å². The summed E-state index contributed by atoms with van der Waals surface area (Å²) in [5, 5.41) is 35.2. The zero-order valence-electron chi connectivity index (χ0n) is 28.4. The molecule has 56 heavy (non-hydrogen) atoms. The molecule has 0 spiro atoms. The molecule has 1 atom stereocenters. The molecule has 3 aromatic carbocycles. The number of azo groups is 1. The second-order valence-electron chi connectivity index (χ2n) is 10.1. The van der Waals surface area contributed by atoms with Gasteiger partial charge in [-0.2, -0.15) is 35.3 Å². The van der Waals surface area contributed by atoms with Crippen molar-refractivity contribution in [3.8, 4) is 0 Å². The minimum absolute atomic E-state index is 0.